The second kappa shape index (κ2) is 8.57. The molecule has 2 rings (SSSR count). The van der Waals surface area contributed by atoms with Gasteiger partial charge in [0.1, 0.15) is 0 Å². The Hall–Kier alpha value is -3.02. The van der Waals surface area contributed by atoms with Crippen LogP contribution < -0.4 is 20.6 Å². The van der Waals surface area contributed by atoms with Gasteiger partial charge in [-0.15, -0.1) is 0 Å². The van der Waals surface area contributed by atoms with Crippen LogP contribution in [0.3, 0.4) is 0 Å². The van der Waals surface area contributed by atoms with Crippen molar-refractivity contribution >= 4 is 17.8 Å². The normalized spacial score (nSPS) is 10.6. The lowest BCUT2D eigenvalue weighted by Crippen LogP contribution is -2.19. The number of nitrogens with two attached hydrogens (primary N) is 1. The van der Waals surface area contributed by atoms with Gasteiger partial charge in [-0.25, -0.2) is 5.43 Å². The van der Waals surface area contributed by atoms with Gasteiger partial charge in [-0.3, -0.25) is 4.79 Å². The zero-order valence-electron chi connectivity index (χ0n) is 13.8. The average molecular weight is 327 g/mol. The minimum absolute atomic E-state index is 0.362. The van der Waals surface area contributed by atoms with Gasteiger partial charge in [0.2, 0.25) is 0 Å². The maximum Gasteiger partial charge on any atom is 0.273 e. The summed E-state index contributed by atoms with van der Waals surface area (Å²) in [6.45, 7) is 2.66. The largest absolute Gasteiger partial charge is 0.493 e. The van der Waals surface area contributed by atoms with Crippen LogP contribution >= 0.6 is 0 Å². The molecule has 0 bridgehead atoms. The minimum atomic E-state index is -0.362. The Morgan fingerprint density at radius 1 is 1.25 bits per heavy atom. The van der Waals surface area contributed by atoms with Gasteiger partial charge in [0.15, 0.2) is 11.5 Å². The van der Waals surface area contributed by atoms with Crippen molar-refractivity contribution in [3.05, 3.63) is 53.6 Å². The van der Waals surface area contributed by atoms with Crippen LogP contribution in [0.4, 0.5) is 5.69 Å². The Kier molecular flexibility index (Phi) is 6.19. The summed E-state index contributed by atoms with van der Waals surface area (Å²) in [6, 6.07) is 12.3. The summed E-state index contributed by atoms with van der Waals surface area (Å²) in [5.41, 5.74) is 9.78. The molecular weight excluding hydrogens is 306 g/mol. The number of hydrogen-bond donors (Lipinski definition) is 2. The number of nitrogens with one attached hydrogen (secondary N) is 1. The lowest BCUT2D eigenvalue weighted by molar-refractivity contribution is 0.0956. The summed E-state index contributed by atoms with van der Waals surface area (Å²) in [7, 11) is 1.58. The molecule has 0 aliphatic rings. The molecule has 0 aromatic heterocycles. The molecule has 3 N–H and O–H groups in total. The highest BCUT2D eigenvalue weighted by molar-refractivity contribution is 5.99. The molecule has 0 unspecified atom stereocenters. The van der Waals surface area contributed by atoms with E-state index >= 15 is 0 Å². The van der Waals surface area contributed by atoms with Crippen LogP contribution in [0.2, 0.25) is 0 Å². The molecule has 0 saturated carbocycles. The van der Waals surface area contributed by atoms with Crippen LogP contribution in [0, 0.1) is 0 Å². The zero-order valence-corrected chi connectivity index (χ0v) is 13.8. The van der Waals surface area contributed by atoms with Crippen LogP contribution in [0.5, 0.6) is 11.5 Å². The number of anilines is 1. The summed E-state index contributed by atoms with van der Waals surface area (Å²) in [5, 5.41) is 3.95. The van der Waals surface area contributed by atoms with E-state index in [0.29, 0.717) is 29.4 Å². The molecule has 2 aromatic carbocycles. The molecule has 0 heterocycles. The molecule has 0 spiro atoms. The summed E-state index contributed by atoms with van der Waals surface area (Å²) in [4.78, 5) is 12.0. The Balaban J connectivity index is 2.04. The number of carbonyl (C=O) groups is 1. The van der Waals surface area contributed by atoms with Gasteiger partial charge in [0.25, 0.3) is 5.91 Å². The average Bonchev–Trinajstić information content (AvgIpc) is 2.60. The summed E-state index contributed by atoms with van der Waals surface area (Å²) < 4.78 is 10.9. The molecule has 0 saturated heterocycles. The number of amides is 1. The maximum absolute atomic E-state index is 12.0. The van der Waals surface area contributed by atoms with Gasteiger partial charge in [-0.05, 0) is 42.3 Å². The number of benzene rings is 2. The van der Waals surface area contributed by atoms with Crippen molar-refractivity contribution in [2.75, 3.05) is 19.5 Å². The third-order valence-electron chi connectivity index (χ3n) is 3.23. The van der Waals surface area contributed by atoms with Crippen LogP contribution in [0.25, 0.3) is 0 Å². The van der Waals surface area contributed by atoms with Gasteiger partial charge < -0.3 is 15.2 Å². The Labute approximate surface area is 141 Å². The quantitative estimate of drug-likeness (QED) is 0.465. The first-order valence-corrected chi connectivity index (χ1v) is 7.64. The summed E-state index contributed by atoms with van der Waals surface area (Å²) in [6.07, 6.45) is 2.45. The standard InChI is InChI=1S/C18H21N3O3/c1-3-10-24-16-9-8-13(11-17(16)23-2)12-20-21-18(22)14-6-4-5-7-15(14)19/h4-9,11-12H,3,10,19H2,1-2H3,(H,21,22)/b20-12-. The van der Waals surface area contributed by atoms with E-state index in [4.69, 9.17) is 15.2 Å². The predicted octanol–water partition coefficient (Wildman–Crippen LogP) is 2.83. The first-order chi connectivity index (χ1) is 11.7. The Bertz CT molecular complexity index is 729. The van der Waals surface area contributed by atoms with Gasteiger partial charge in [0.05, 0.1) is 25.5 Å². The first-order valence-electron chi connectivity index (χ1n) is 7.64. The van der Waals surface area contributed by atoms with E-state index in [2.05, 4.69) is 10.5 Å². The van der Waals surface area contributed by atoms with Crippen LogP contribution in [0.1, 0.15) is 29.3 Å². The monoisotopic (exact) mass is 327 g/mol. The van der Waals surface area contributed by atoms with Crippen molar-refractivity contribution in [3.8, 4) is 11.5 Å². The fourth-order valence-electron chi connectivity index (χ4n) is 2.03. The van der Waals surface area contributed by atoms with Crippen molar-refractivity contribution < 1.29 is 14.3 Å². The van der Waals surface area contributed by atoms with E-state index in [1.165, 1.54) is 6.21 Å². The molecule has 126 valence electrons. The highest BCUT2D eigenvalue weighted by atomic mass is 16.5. The number of nitrogens with zero attached hydrogens (tertiary/aromatic N) is 1. The minimum Gasteiger partial charge on any atom is -0.493 e. The number of hydrazone groups is 1. The predicted molar refractivity (Wildman–Crippen MR) is 94.7 cm³/mol. The van der Waals surface area contributed by atoms with Crippen molar-refractivity contribution in [1.82, 2.24) is 5.43 Å². The first kappa shape index (κ1) is 17.3. The number of carbonyl (C=O) groups excluding carboxylic acids is 1. The number of ether oxygens (including phenoxy) is 2. The van der Waals surface area contributed by atoms with Gasteiger partial charge >= 0.3 is 0 Å². The molecule has 1 amide bonds. The van der Waals surface area contributed by atoms with E-state index in [0.717, 1.165) is 12.0 Å². The van der Waals surface area contributed by atoms with E-state index in [-0.39, 0.29) is 5.91 Å². The molecule has 2 aromatic rings. The summed E-state index contributed by atoms with van der Waals surface area (Å²) >= 11 is 0. The van der Waals surface area contributed by atoms with Crippen molar-refractivity contribution in [3.63, 3.8) is 0 Å². The number of nitrogen functional groups attached to an aromatic ring is 1. The van der Waals surface area contributed by atoms with Gasteiger partial charge in [-0.1, -0.05) is 19.1 Å². The van der Waals surface area contributed by atoms with Crippen molar-refractivity contribution in [1.29, 1.82) is 0 Å². The van der Waals surface area contributed by atoms with Crippen molar-refractivity contribution in [2.45, 2.75) is 13.3 Å². The summed E-state index contributed by atoms with van der Waals surface area (Å²) in [5.74, 6) is 0.933. The van der Waals surface area contributed by atoms with E-state index in [1.54, 1.807) is 37.4 Å². The zero-order chi connectivity index (χ0) is 17.4. The fraction of sp³-hybridized carbons (Fsp3) is 0.222. The third kappa shape index (κ3) is 4.49. The highest BCUT2D eigenvalue weighted by Gasteiger charge is 2.07. The molecule has 0 atom stereocenters. The van der Waals surface area contributed by atoms with E-state index < -0.39 is 0 Å². The second-order valence-electron chi connectivity index (χ2n) is 5.05. The Morgan fingerprint density at radius 2 is 2.04 bits per heavy atom. The topological polar surface area (TPSA) is 85.9 Å². The smallest absolute Gasteiger partial charge is 0.273 e. The number of methoxy groups -OCH3 is 1. The molecule has 6 nitrogen and oxygen atoms in total. The third-order valence-corrected chi connectivity index (χ3v) is 3.23. The number of rotatable bonds is 7. The van der Waals surface area contributed by atoms with Gasteiger partial charge in [-0.2, -0.15) is 5.10 Å². The molecule has 6 heteroatoms. The van der Waals surface area contributed by atoms with Crippen LogP contribution in [-0.2, 0) is 0 Å². The lowest BCUT2D eigenvalue weighted by atomic mass is 10.2. The number of para-hydroxylation sites is 1. The van der Waals surface area contributed by atoms with Gasteiger partial charge in [0, 0.05) is 5.69 Å². The maximum atomic E-state index is 12.0. The van der Waals surface area contributed by atoms with Crippen LogP contribution in [0.15, 0.2) is 47.6 Å². The Morgan fingerprint density at radius 3 is 2.75 bits per heavy atom. The SMILES string of the molecule is CCCOc1ccc(/C=N\NC(=O)c2ccccc2N)cc1OC. The molecule has 0 fully saturated rings. The highest BCUT2D eigenvalue weighted by Crippen LogP contribution is 2.27. The molecular formula is C18H21N3O3. The molecule has 0 aliphatic heterocycles. The van der Waals surface area contributed by atoms with Crippen molar-refractivity contribution in [2.24, 2.45) is 5.10 Å². The van der Waals surface area contributed by atoms with E-state index in [1.807, 2.05) is 19.1 Å². The molecule has 0 aliphatic carbocycles. The lowest BCUT2D eigenvalue weighted by Gasteiger charge is -2.10. The second-order valence-corrected chi connectivity index (χ2v) is 5.05. The number of hydrogen-bond acceptors (Lipinski definition) is 5. The molecule has 0 radical (unpaired) electrons. The fourth-order valence-corrected chi connectivity index (χ4v) is 2.03. The van der Waals surface area contributed by atoms with E-state index in [9.17, 15) is 4.79 Å². The van der Waals surface area contributed by atoms with Crippen LogP contribution in [-0.4, -0.2) is 25.8 Å². The molecule has 24 heavy (non-hydrogen) atoms.